The average molecular weight is 282 g/mol. The molecule has 0 bridgehead atoms. The molecule has 0 aliphatic heterocycles. The van der Waals surface area contributed by atoms with Gasteiger partial charge in [-0.25, -0.2) is 0 Å². The van der Waals surface area contributed by atoms with Crippen LogP contribution in [0.5, 0.6) is 0 Å². The van der Waals surface area contributed by atoms with E-state index in [9.17, 15) is 0 Å². The third-order valence-corrected chi connectivity index (χ3v) is 4.24. The molecule has 110 valence electrons. The van der Waals surface area contributed by atoms with Crippen LogP contribution in [0.1, 0.15) is 45.4 Å². The van der Waals surface area contributed by atoms with E-state index < -0.39 is 0 Å². The molecule has 3 heteroatoms. The Hall–Kier alpha value is -0.380. The number of hydrogen-bond donors (Lipinski definition) is 1. The van der Waals surface area contributed by atoms with Crippen LogP contribution in [0, 0.1) is 5.92 Å². The summed E-state index contributed by atoms with van der Waals surface area (Å²) in [5.74, 6) is 0.827. The van der Waals surface area contributed by atoms with Crippen molar-refractivity contribution in [2.24, 2.45) is 5.92 Å². The third-order valence-electron chi connectivity index (χ3n) is 3.38. The maximum absolute atomic E-state index is 3.57. The van der Waals surface area contributed by atoms with Gasteiger partial charge in [-0.2, -0.15) is 0 Å². The molecule has 0 aliphatic rings. The summed E-state index contributed by atoms with van der Waals surface area (Å²) >= 11 is 1.86. The van der Waals surface area contributed by atoms with Gasteiger partial charge in [0.1, 0.15) is 0 Å². The van der Waals surface area contributed by atoms with Crippen molar-refractivity contribution in [2.45, 2.75) is 53.1 Å². The van der Waals surface area contributed by atoms with E-state index in [4.69, 9.17) is 0 Å². The fourth-order valence-electron chi connectivity index (χ4n) is 2.11. The molecule has 0 saturated carbocycles. The number of nitrogens with zero attached hydrogens (tertiary/aromatic N) is 1. The van der Waals surface area contributed by atoms with Gasteiger partial charge >= 0.3 is 0 Å². The number of rotatable bonds is 10. The Morgan fingerprint density at radius 1 is 1.21 bits per heavy atom. The minimum absolute atomic E-state index is 0.611. The van der Waals surface area contributed by atoms with Crippen molar-refractivity contribution in [2.75, 3.05) is 19.6 Å². The van der Waals surface area contributed by atoms with Gasteiger partial charge in [-0.1, -0.05) is 19.9 Å². The quantitative estimate of drug-likeness (QED) is 0.653. The largest absolute Gasteiger partial charge is 0.315 e. The van der Waals surface area contributed by atoms with E-state index in [0.29, 0.717) is 6.04 Å². The lowest BCUT2D eigenvalue weighted by molar-refractivity contribution is 0.215. The highest BCUT2D eigenvalue weighted by Crippen LogP contribution is 2.13. The summed E-state index contributed by atoms with van der Waals surface area (Å²) in [7, 11) is 0. The summed E-state index contributed by atoms with van der Waals surface area (Å²) in [6.07, 6.45) is 2.63. The van der Waals surface area contributed by atoms with E-state index in [0.717, 1.165) is 32.1 Å². The van der Waals surface area contributed by atoms with Crippen LogP contribution < -0.4 is 5.32 Å². The Morgan fingerprint density at radius 3 is 2.58 bits per heavy atom. The zero-order chi connectivity index (χ0) is 14.1. The first-order valence-corrected chi connectivity index (χ1v) is 8.44. The van der Waals surface area contributed by atoms with Crippen molar-refractivity contribution >= 4 is 11.3 Å². The highest BCUT2D eigenvalue weighted by molar-refractivity contribution is 7.09. The molecule has 1 aromatic heterocycles. The van der Waals surface area contributed by atoms with Gasteiger partial charge < -0.3 is 5.32 Å². The first-order chi connectivity index (χ1) is 9.09. The van der Waals surface area contributed by atoms with Crippen molar-refractivity contribution in [3.05, 3.63) is 22.4 Å². The Labute approximate surface area is 123 Å². The summed E-state index contributed by atoms with van der Waals surface area (Å²) in [6.45, 7) is 13.6. The van der Waals surface area contributed by atoms with Gasteiger partial charge in [0.05, 0.1) is 0 Å². The van der Waals surface area contributed by atoms with Crippen molar-refractivity contribution < 1.29 is 0 Å². The smallest absolute Gasteiger partial charge is 0.0331 e. The van der Waals surface area contributed by atoms with Gasteiger partial charge in [0, 0.05) is 30.6 Å². The van der Waals surface area contributed by atoms with Crippen LogP contribution in [-0.4, -0.2) is 30.6 Å². The molecule has 1 aromatic rings. The first kappa shape index (κ1) is 16.7. The van der Waals surface area contributed by atoms with Crippen molar-refractivity contribution in [1.82, 2.24) is 10.2 Å². The fraction of sp³-hybridized carbons (Fsp3) is 0.750. The highest BCUT2D eigenvalue weighted by atomic mass is 32.1. The highest BCUT2D eigenvalue weighted by Gasteiger charge is 2.10. The second-order valence-corrected chi connectivity index (χ2v) is 6.96. The lowest BCUT2D eigenvalue weighted by Crippen LogP contribution is -2.36. The molecule has 0 atom stereocenters. The predicted molar refractivity (Wildman–Crippen MR) is 86.8 cm³/mol. The van der Waals surface area contributed by atoms with E-state index in [1.165, 1.54) is 17.7 Å². The standard InChI is InChI=1S/C16H30N2S/c1-14(2)7-5-9-17-10-11-18(15(3)4)13-16-8-6-12-19-16/h6,8,12,14-15,17H,5,7,9-11,13H2,1-4H3. The van der Waals surface area contributed by atoms with Crippen LogP contribution in [0.3, 0.4) is 0 Å². The topological polar surface area (TPSA) is 15.3 Å². The van der Waals surface area contributed by atoms with Gasteiger partial charge in [0.25, 0.3) is 0 Å². The fourth-order valence-corrected chi connectivity index (χ4v) is 2.83. The molecule has 0 aromatic carbocycles. The van der Waals surface area contributed by atoms with E-state index in [2.05, 4.69) is 55.4 Å². The minimum atomic E-state index is 0.611. The van der Waals surface area contributed by atoms with E-state index in [1.807, 2.05) is 11.3 Å². The Balaban J connectivity index is 2.16. The molecule has 0 fully saturated rings. The zero-order valence-corrected chi connectivity index (χ0v) is 13.8. The molecular formula is C16H30N2S. The summed E-state index contributed by atoms with van der Waals surface area (Å²) in [5, 5.41) is 5.73. The van der Waals surface area contributed by atoms with Crippen LogP contribution in [0.25, 0.3) is 0 Å². The monoisotopic (exact) mass is 282 g/mol. The number of hydrogen-bond acceptors (Lipinski definition) is 3. The minimum Gasteiger partial charge on any atom is -0.315 e. The molecule has 2 nitrogen and oxygen atoms in total. The van der Waals surface area contributed by atoms with E-state index in [1.54, 1.807) is 0 Å². The molecule has 0 unspecified atom stereocenters. The number of thiophene rings is 1. The molecule has 1 N–H and O–H groups in total. The molecule has 0 saturated heterocycles. The van der Waals surface area contributed by atoms with Crippen LogP contribution in [0.4, 0.5) is 0 Å². The van der Waals surface area contributed by atoms with Crippen molar-refractivity contribution in [1.29, 1.82) is 0 Å². The predicted octanol–water partition coefficient (Wildman–Crippen LogP) is 3.98. The van der Waals surface area contributed by atoms with Crippen LogP contribution in [0.2, 0.25) is 0 Å². The van der Waals surface area contributed by atoms with Gasteiger partial charge in [0.15, 0.2) is 0 Å². The van der Waals surface area contributed by atoms with Gasteiger partial charge in [-0.3, -0.25) is 4.90 Å². The summed E-state index contributed by atoms with van der Waals surface area (Å²) in [4.78, 5) is 4.01. The van der Waals surface area contributed by atoms with Gasteiger partial charge in [-0.05, 0) is 50.6 Å². The second kappa shape index (κ2) is 9.51. The van der Waals surface area contributed by atoms with E-state index >= 15 is 0 Å². The molecule has 1 heterocycles. The molecule has 0 spiro atoms. The van der Waals surface area contributed by atoms with E-state index in [-0.39, 0.29) is 0 Å². The Kier molecular flexibility index (Phi) is 8.35. The van der Waals surface area contributed by atoms with Crippen molar-refractivity contribution in [3.63, 3.8) is 0 Å². The average Bonchev–Trinajstić information content (AvgIpc) is 2.84. The first-order valence-electron chi connectivity index (χ1n) is 7.56. The van der Waals surface area contributed by atoms with Crippen LogP contribution in [0.15, 0.2) is 17.5 Å². The molecule has 0 radical (unpaired) electrons. The SMILES string of the molecule is CC(C)CCCNCCN(Cc1cccs1)C(C)C. The number of nitrogens with one attached hydrogen (secondary N) is 1. The molecule has 1 rings (SSSR count). The second-order valence-electron chi connectivity index (χ2n) is 5.93. The normalized spacial score (nSPS) is 11.9. The van der Waals surface area contributed by atoms with Crippen LogP contribution >= 0.6 is 11.3 Å². The van der Waals surface area contributed by atoms with Gasteiger partial charge in [0.2, 0.25) is 0 Å². The molecular weight excluding hydrogens is 252 g/mol. The third kappa shape index (κ3) is 7.71. The maximum atomic E-state index is 3.57. The van der Waals surface area contributed by atoms with Crippen molar-refractivity contribution in [3.8, 4) is 0 Å². The molecule has 19 heavy (non-hydrogen) atoms. The lowest BCUT2D eigenvalue weighted by atomic mass is 10.1. The molecule has 0 aliphatic carbocycles. The lowest BCUT2D eigenvalue weighted by Gasteiger charge is -2.26. The maximum Gasteiger partial charge on any atom is 0.0331 e. The zero-order valence-electron chi connectivity index (χ0n) is 13.0. The Morgan fingerprint density at radius 2 is 2.00 bits per heavy atom. The summed E-state index contributed by atoms with van der Waals surface area (Å²) < 4.78 is 0. The molecule has 0 amide bonds. The Bertz CT molecular complexity index is 307. The summed E-state index contributed by atoms with van der Waals surface area (Å²) in [5.41, 5.74) is 0. The van der Waals surface area contributed by atoms with Crippen LogP contribution in [-0.2, 0) is 6.54 Å². The summed E-state index contributed by atoms with van der Waals surface area (Å²) in [6, 6.07) is 4.98. The van der Waals surface area contributed by atoms with Gasteiger partial charge in [-0.15, -0.1) is 11.3 Å².